The quantitative estimate of drug-likeness (QED) is 0.331. The van der Waals surface area contributed by atoms with E-state index in [1.165, 1.54) is 5.56 Å². The van der Waals surface area contributed by atoms with Crippen LogP contribution >= 0.6 is 0 Å². The topological polar surface area (TPSA) is 61.8 Å². The predicted molar refractivity (Wildman–Crippen MR) is 127 cm³/mol. The number of hydrogen-bond donors (Lipinski definition) is 0. The minimum absolute atomic E-state index is 0.122. The normalized spacial score (nSPS) is 13.7. The smallest absolute Gasteiger partial charge is 0.232 e. The molecule has 0 fully saturated rings. The number of ether oxygens (including phenoxy) is 3. The van der Waals surface area contributed by atoms with E-state index in [4.69, 9.17) is 14.2 Å². The first-order valence-corrected chi connectivity index (χ1v) is 10.8. The summed E-state index contributed by atoms with van der Waals surface area (Å²) in [6.45, 7) is 5.99. The minimum Gasteiger partial charge on any atom is -0.497 e. The lowest BCUT2D eigenvalue weighted by Gasteiger charge is -2.09. The van der Waals surface area contributed by atoms with E-state index in [1.54, 1.807) is 49.6 Å². The third-order valence-electron chi connectivity index (χ3n) is 5.63. The molecule has 5 nitrogen and oxygen atoms in total. The van der Waals surface area contributed by atoms with E-state index in [0.717, 1.165) is 11.1 Å². The van der Waals surface area contributed by atoms with E-state index in [9.17, 15) is 9.59 Å². The third-order valence-corrected chi connectivity index (χ3v) is 5.63. The van der Waals surface area contributed by atoms with Crippen LogP contribution in [0.2, 0.25) is 0 Å². The van der Waals surface area contributed by atoms with E-state index >= 15 is 0 Å². The van der Waals surface area contributed by atoms with Gasteiger partial charge in [-0.3, -0.25) is 9.59 Å². The largest absolute Gasteiger partial charge is 0.497 e. The number of methoxy groups -OCH3 is 1. The fraction of sp³-hybridized carbons (Fsp3) is 0.214. The van der Waals surface area contributed by atoms with Gasteiger partial charge in [-0.1, -0.05) is 38.1 Å². The van der Waals surface area contributed by atoms with Crippen molar-refractivity contribution in [3.63, 3.8) is 0 Å². The van der Waals surface area contributed by atoms with Crippen molar-refractivity contribution in [2.24, 2.45) is 0 Å². The van der Waals surface area contributed by atoms with Crippen molar-refractivity contribution < 1.29 is 23.8 Å². The Hall–Kier alpha value is -3.86. The van der Waals surface area contributed by atoms with Crippen LogP contribution < -0.4 is 14.2 Å². The Balaban J connectivity index is 1.48. The maximum absolute atomic E-state index is 12.9. The summed E-state index contributed by atoms with van der Waals surface area (Å²) in [7, 11) is 1.58. The Labute approximate surface area is 193 Å². The Kier molecular flexibility index (Phi) is 6.31. The van der Waals surface area contributed by atoms with Crippen LogP contribution in [-0.2, 0) is 0 Å². The SMILES string of the molecule is COc1ccc(C(=O)COc2cc(C)c3c(c2)O/C(=C\c2ccc(C(C)C)cc2)C3=O)cc1. The number of carbonyl (C=O) groups is 2. The van der Waals surface area contributed by atoms with Crippen molar-refractivity contribution in [1.82, 2.24) is 0 Å². The molecular formula is C28H26O5. The maximum atomic E-state index is 12.9. The molecule has 168 valence electrons. The van der Waals surface area contributed by atoms with Crippen molar-refractivity contribution in [1.29, 1.82) is 0 Å². The van der Waals surface area contributed by atoms with Crippen molar-refractivity contribution in [2.75, 3.05) is 13.7 Å². The molecule has 0 saturated carbocycles. The Morgan fingerprint density at radius 3 is 2.33 bits per heavy atom. The van der Waals surface area contributed by atoms with Crippen molar-refractivity contribution >= 4 is 17.6 Å². The maximum Gasteiger partial charge on any atom is 0.232 e. The molecule has 0 atom stereocenters. The van der Waals surface area contributed by atoms with Crippen LogP contribution in [0.4, 0.5) is 0 Å². The first-order chi connectivity index (χ1) is 15.9. The van der Waals surface area contributed by atoms with Crippen LogP contribution in [0.1, 0.15) is 57.2 Å². The summed E-state index contributed by atoms with van der Waals surface area (Å²) in [4.78, 5) is 25.4. The Morgan fingerprint density at radius 1 is 1.00 bits per heavy atom. The number of allylic oxidation sites excluding steroid dienone is 1. The average Bonchev–Trinajstić information content (AvgIpc) is 3.13. The summed E-state index contributed by atoms with van der Waals surface area (Å²) in [6.07, 6.45) is 1.75. The fourth-order valence-electron chi connectivity index (χ4n) is 3.70. The highest BCUT2D eigenvalue weighted by Crippen LogP contribution is 2.37. The molecule has 1 heterocycles. The standard InChI is InChI=1S/C28H26O5/c1-17(2)20-7-5-19(6-8-20)14-26-28(30)27-18(3)13-23(15-25(27)33-26)32-16-24(29)21-9-11-22(31-4)12-10-21/h5-15,17H,16H2,1-4H3/b26-14-. The highest BCUT2D eigenvalue weighted by molar-refractivity contribution is 6.15. The highest BCUT2D eigenvalue weighted by Gasteiger charge is 2.30. The van der Waals surface area contributed by atoms with Crippen molar-refractivity contribution in [3.05, 3.63) is 94.2 Å². The molecule has 4 rings (SSSR count). The molecule has 0 bridgehead atoms. The molecule has 0 saturated heterocycles. The zero-order valence-electron chi connectivity index (χ0n) is 19.2. The first kappa shape index (κ1) is 22.3. The van der Waals surface area contributed by atoms with Gasteiger partial charge in [0.1, 0.15) is 17.2 Å². The number of ketones is 2. The number of fused-ring (bicyclic) bond motifs is 1. The average molecular weight is 443 g/mol. The highest BCUT2D eigenvalue weighted by atomic mass is 16.5. The number of carbonyl (C=O) groups excluding carboxylic acids is 2. The van der Waals surface area contributed by atoms with Gasteiger partial charge in [0.05, 0.1) is 12.7 Å². The van der Waals surface area contributed by atoms with E-state index in [2.05, 4.69) is 26.0 Å². The van der Waals surface area contributed by atoms with E-state index < -0.39 is 0 Å². The second-order valence-electron chi connectivity index (χ2n) is 8.31. The van der Waals surface area contributed by atoms with Gasteiger partial charge < -0.3 is 14.2 Å². The molecule has 0 aliphatic carbocycles. The molecular weight excluding hydrogens is 416 g/mol. The summed E-state index contributed by atoms with van der Waals surface area (Å²) < 4.78 is 16.7. The molecule has 1 aliphatic rings. The van der Waals surface area contributed by atoms with Crippen LogP contribution in [0.5, 0.6) is 17.2 Å². The summed E-state index contributed by atoms with van der Waals surface area (Å²) in [5.41, 5.74) is 3.93. The van der Waals surface area contributed by atoms with Crippen LogP contribution in [0, 0.1) is 6.92 Å². The van der Waals surface area contributed by atoms with E-state index in [-0.39, 0.29) is 23.9 Å². The number of benzene rings is 3. The molecule has 0 N–H and O–H groups in total. The zero-order valence-corrected chi connectivity index (χ0v) is 19.2. The summed E-state index contributed by atoms with van der Waals surface area (Å²) >= 11 is 0. The third kappa shape index (κ3) is 4.82. The summed E-state index contributed by atoms with van der Waals surface area (Å²) in [5.74, 6) is 2.01. The van der Waals surface area contributed by atoms with Crippen LogP contribution in [0.15, 0.2) is 66.4 Å². The summed E-state index contributed by atoms with van der Waals surface area (Å²) in [5, 5.41) is 0. The van der Waals surface area contributed by atoms with Crippen LogP contribution in [-0.4, -0.2) is 25.3 Å². The van der Waals surface area contributed by atoms with Gasteiger partial charge in [0.25, 0.3) is 0 Å². The molecule has 0 amide bonds. The first-order valence-electron chi connectivity index (χ1n) is 10.8. The number of aryl methyl sites for hydroxylation is 1. The monoisotopic (exact) mass is 442 g/mol. The second kappa shape index (κ2) is 9.33. The van der Waals surface area contributed by atoms with Gasteiger partial charge in [-0.25, -0.2) is 0 Å². The molecule has 3 aromatic carbocycles. The molecule has 3 aromatic rings. The zero-order chi connectivity index (χ0) is 23.5. The second-order valence-corrected chi connectivity index (χ2v) is 8.31. The molecule has 0 radical (unpaired) electrons. The van der Waals surface area contributed by atoms with Gasteiger partial charge in [-0.15, -0.1) is 0 Å². The lowest BCUT2D eigenvalue weighted by molar-refractivity contribution is 0.0920. The molecule has 0 unspecified atom stereocenters. The Bertz CT molecular complexity index is 1220. The molecule has 0 spiro atoms. The van der Waals surface area contributed by atoms with E-state index in [0.29, 0.717) is 34.3 Å². The number of rotatable bonds is 7. The molecule has 1 aliphatic heterocycles. The lowest BCUT2D eigenvalue weighted by atomic mass is 10.0. The van der Waals surface area contributed by atoms with Crippen molar-refractivity contribution in [3.8, 4) is 17.2 Å². The minimum atomic E-state index is -0.156. The molecule has 33 heavy (non-hydrogen) atoms. The number of hydrogen-bond acceptors (Lipinski definition) is 5. The number of Topliss-reactive ketones (excluding diaryl/α,β-unsaturated/α-hetero) is 2. The van der Waals surface area contributed by atoms with Gasteiger partial charge in [0, 0.05) is 11.6 Å². The predicted octanol–water partition coefficient (Wildman–Crippen LogP) is 6.00. The van der Waals surface area contributed by atoms with Gasteiger partial charge in [0.15, 0.2) is 18.1 Å². The fourth-order valence-corrected chi connectivity index (χ4v) is 3.70. The van der Waals surface area contributed by atoms with Gasteiger partial charge in [-0.2, -0.15) is 0 Å². The molecule has 5 heteroatoms. The van der Waals surface area contributed by atoms with Crippen LogP contribution in [0.3, 0.4) is 0 Å². The van der Waals surface area contributed by atoms with Gasteiger partial charge in [0.2, 0.25) is 5.78 Å². The Morgan fingerprint density at radius 2 is 1.70 bits per heavy atom. The summed E-state index contributed by atoms with van der Waals surface area (Å²) in [6, 6.07) is 18.3. The van der Waals surface area contributed by atoms with Gasteiger partial charge >= 0.3 is 0 Å². The van der Waals surface area contributed by atoms with Gasteiger partial charge in [-0.05, 0) is 65.9 Å². The van der Waals surface area contributed by atoms with Crippen LogP contribution in [0.25, 0.3) is 6.08 Å². The lowest BCUT2D eigenvalue weighted by Crippen LogP contribution is -2.11. The van der Waals surface area contributed by atoms with Crippen molar-refractivity contribution in [2.45, 2.75) is 26.7 Å². The van der Waals surface area contributed by atoms with E-state index in [1.807, 2.05) is 19.1 Å². The molecule has 0 aromatic heterocycles.